The Morgan fingerprint density at radius 2 is 2.07 bits per heavy atom. The van der Waals surface area contributed by atoms with Gasteiger partial charge in [0.25, 0.3) is 0 Å². The van der Waals surface area contributed by atoms with E-state index in [2.05, 4.69) is 47.7 Å². The summed E-state index contributed by atoms with van der Waals surface area (Å²) in [7, 11) is 0. The topological polar surface area (TPSA) is 20.2 Å². The van der Waals surface area contributed by atoms with Gasteiger partial charge in [-0.3, -0.25) is 0 Å². The minimum atomic E-state index is 0.146. The molecule has 0 saturated heterocycles. The first-order chi connectivity index (χ1) is 7.17. The normalized spacial score (nSPS) is 11.0. The standard InChI is InChI=1S/C13H18IO/c1-3-4-5-11-6-12(10(2)9-15)8-13(14)7-11/h6-8,15H,3-5,9H2,1-2H3. The van der Waals surface area contributed by atoms with Crippen molar-refractivity contribution in [1.82, 2.24) is 0 Å². The van der Waals surface area contributed by atoms with Gasteiger partial charge in [-0.05, 0) is 58.7 Å². The summed E-state index contributed by atoms with van der Waals surface area (Å²) in [4.78, 5) is 0. The van der Waals surface area contributed by atoms with E-state index in [-0.39, 0.29) is 6.61 Å². The van der Waals surface area contributed by atoms with Gasteiger partial charge in [-0.2, -0.15) is 0 Å². The Hall–Kier alpha value is -0.0900. The van der Waals surface area contributed by atoms with Crippen LogP contribution in [0.1, 0.15) is 37.8 Å². The predicted octanol–water partition coefficient (Wildman–Crippen LogP) is 3.57. The average Bonchev–Trinajstić information content (AvgIpc) is 2.24. The van der Waals surface area contributed by atoms with E-state index in [9.17, 15) is 0 Å². The molecule has 0 aliphatic carbocycles. The van der Waals surface area contributed by atoms with E-state index in [1.54, 1.807) is 0 Å². The molecule has 0 amide bonds. The third kappa shape index (κ3) is 4.11. The van der Waals surface area contributed by atoms with E-state index in [1.165, 1.54) is 27.5 Å². The van der Waals surface area contributed by atoms with Crippen LogP contribution in [-0.2, 0) is 6.42 Å². The Morgan fingerprint density at radius 3 is 2.67 bits per heavy atom. The van der Waals surface area contributed by atoms with Crippen LogP contribution in [0.15, 0.2) is 18.2 Å². The number of aliphatic hydroxyl groups excluding tert-OH is 1. The smallest absolute Gasteiger partial charge is 0.0534 e. The molecule has 1 N–H and O–H groups in total. The molecule has 0 aliphatic heterocycles. The lowest BCUT2D eigenvalue weighted by Gasteiger charge is -2.10. The van der Waals surface area contributed by atoms with Crippen LogP contribution < -0.4 is 0 Å². The molecule has 0 unspecified atom stereocenters. The maximum atomic E-state index is 9.11. The Bertz CT molecular complexity index is 309. The zero-order valence-electron chi connectivity index (χ0n) is 9.39. The molecule has 0 atom stereocenters. The summed E-state index contributed by atoms with van der Waals surface area (Å²) in [5.74, 6) is 1.05. The minimum Gasteiger partial charge on any atom is -0.395 e. The van der Waals surface area contributed by atoms with Crippen molar-refractivity contribution in [2.24, 2.45) is 0 Å². The van der Waals surface area contributed by atoms with Crippen molar-refractivity contribution in [3.63, 3.8) is 0 Å². The van der Waals surface area contributed by atoms with E-state index in [4.69, 9.17) is 5.11 Å². The molecule has 0 aromatic heterocycles. The van der Waals surface area contributed by atoms with Gasteiger partial charge in [-0.15, -0.1) is 0 Å². The van der Waals surface area contributed by atoms with Gasteiger partial charge in [0, 0.05) is 9.49 Å². The SMILES string of the molecule is CCCCc1cc(I)cc([C](C)CO)c1. The van der Waals surface area contributed by atoms with Crippen LogP contribution in [0.4, 0.5) is 0 Å². The molecule has 1 nitrogen and oxygen atoms in total. The summed E-state index contributed by atoms with van der Waals surface area (Å²) < 4.78 is 1.25. The molecule has 1 aromatic rings. The lowest BCUT2D eigenvalue weighted by atomic mass is 9.98. The molecule has 0 aliphatic rings. The predicted molar refractivity (Wildman–Crippen MR) is 72.9 cm³/mol. The molecule has 0 fully saturated rings. The summed E-state index contributed by atoms with van der Waals surface area (Å²) in [5.41, 5.74) is 2.56. The lowest BCUT2D eigenvalue weighted by Crippen LogP contribution is -2.01. The second-order valence-electron chi connectivity index (χ2n) is 3.89. The van der Waals surface area contributed by atoms with Crippen LogP contribution in [0, 0.1) is 9.49 Å². The Kier molecular flexibility index (Phi) is 5.61. The number of benzene rings is 1. The Morgan fingerprint density at radius 1 is 1.33 bits per heavy atom. The number of aryl methyl sites for hydroxylation is 1. The molecule has 15 heavy (non-hydrogen) atoms. The lowest BCUT2D eigenvalue weighted by molar-refractivity contribution is 0.315. The van der Waals surface area contributed by atoms with Gasteiger partial charge in [0.05, 0.1) is 6.61 Å². The molecule has 0 spiro atoms. The van der Waals surface area contributed by atoms with Crippen molar-refractivity contribution in [2.75, 3.05) is 6.61 Å². The fraction of sp³-hybridized carbons (Fsp3) is 0.462. The highest BCUT2D eigenvalue weighted by molar-refractivity contribution is 14.1. The molecular weight excluding hydrogens is 299 g/mol. The molecule has 0 bridgehead atoms. The van der Waals surface area contributed by atoms with Gasteiger partial charge >= 0.3 is 0 Å². The minimum absolute atomic E-state index is 0.146. The quantitative estimate of drug-likeness (QED) is 0.823. The van der Waals surface area contributed by atoms with Crippen LogP contribution in [0.25, 0.3) is 0 Å². The van der Waals surface area contributed by atoms with Crippen LogP contribution >= 0.6 is 22.6 Å². The monoisotopic (exact) mass is 317 g/mol. The molecular formula is C13H18IO. The molecule has 1 aromatic carbocycles. The fourth-order valence-electron chi connectivity index (χ4n) is 1.51. The zero-order chi connectivity index (χ0) is 11.3. The maximum Gasteiger partial charge on any atom is 0.0534 e. The fourth-order valence-corrected chi connectivity index (χ4v) is 2.25. The van der Waals surface area contributed by atoms with Gasteiger partial charge in [0.15, 0.2) is 0 Å². The summed E-state index contributed by atoms with van der Waals surface area (Å²) in [6.07, 6.45) is 3.60. The van der Waals surface area contributed by atoms with Gasteiger partial charge in [-0.25, -0.2) is 0 Å². The van der Waals surface area contributed by atoms with E-state index < -0.39 is 0 Å². The number of hydrogen-bond acceptors (Lipinski definition) is 1. The second kappa shape index (κ2) is 6.48. The van der Waals surface area contributed by atoms with Gasteiger partial charge in [-0.1, -0.05) is 26.3 Å². The molecule has 0 heterocycles. The number of hydrogen-bond donors (Lipinski definition) is 1. The highest BCUT2D eigenvalue weighted by Crippen LogP contribution is 2.20. The van der Waals surface area contributed by atoms with Crippen LogP contribution in [0.2, 0.25) is 0 Å². The van der Waals surface area contributed by atoms with E-state index >= 15 is 0 Å². The highest BCUT2D eigenvalue weighted by Gasteiger charge is 2.06. The van der Waals surface area contributed by atoms with Gasteiger partial charge in [0.2, 0.25) is 0 Å². The van der Waals surface area contributed by atoms with E-state index in [0.717, 1.165) is 12.3 Å². The second-order valence-corrected chi connectivity index (χ2v) is 5.14. The molecule has 2 heteroatoms. The third-order valence-corrected chi connectivity index (χ3v) is 3.13. The molecule has 0 saturated carbocycles. The van der Waals surface area contributed by atoms with Crippen LogP contribution in [-0.4, -0.2) is 11.7 Å². The molecule has 83 valence electrons. The van der Waals surface area contributed by atoms with Crippen molar-refractivity contribution in [1.29, 1.82) is 0 Å². The van der Waals surface area contributed by atoms with Gasteiger partial charge < -0.3 is 5.11 Å². The van der Waals surface area contributed by atoms with E-state index in [0.29, 0.717) is 0 Å². The zero-order valence-corrected chi connectivity index (χ0v) is 11.5. The van der Waals surface area contributed by atoms with Crippen LogP contribution in [0.5, 0.6) is 0 Å². The summed E-state index contributed by atoms with van der Waals surface area (Å²) in [6.45, 7) is 4.34. The van der Waals surface area contributed by atoms with Crippen molar-refractivity contribution in [3.05, 3.63) is 38.8 Å². The third-order valence-electron chi connectivity index (χ3n) is 2.51. The Balaban J connectivity index is 2.84. The number of halogens is 1. The number of unbranched alkanes of at least 4 members (excludes halogenated alkanes) is 1. The first-order valence-electron chi connectivity index (χ1n) is 5.40. The summed E-state index contributed by atoms with van der Waals surface area (Å²) in [6, 6.07) is 6.55. The highest BCUT2D eigenvalue weighted by atomic mass is 127. The maximum absolute atomic E-state index is 9.11. The van der Waals surface area contributed by atoms with Gasteiger partial charge in [0.1, 0.15) is 0 Å². The largest absolute Gasteiger partial charge is 0.395 e. The molecule has 1 radical (unpaired) electrons. The Labute approximate surface area is 106 Å². The van der Waals surface area contributed by atoms with Crippen molar-refractivity contribution < 1.29 is 5.11 Å². The molecule has 1 rings (SSSR count). The summed E-state index contributed by atoms with van der Waals surface area (Å²) in [5, 5.41) is 9.11. The van der Waals surface area contributed by atoms with E-state index in [1.807, 2.05) is 6.92 Å². The number of aliphatic hydroxyl groups is 1. The first kappa shape index (κ1) is 13.0. The van der Waals surface area contributed by atoms with Crippen molar-refractivity contribution in [3.8, 4) is 0 Å². The van der Waals surface area contributed by atoms with Crippen LogP contribution in [0.3, 0.4) is 0 Å². The van der Waals surface area contributed by atoms with Crippen molar-refractivity contribution in [2.45, 2.75) is 33.1 Å². The number of rotatable bonds is 5. The average molecular weight is 317 g/mol. The summed E-state index contributed by atoms with van der Waals surface area (Å²) >= 11 is 2.34. The first-order valence-corrected chi connectivity index (χ1v) is 6.48. The van der Waals surface area contributed by atoms with Crippen molar-refractivity contribution >= 4 is 22.6 Å².